The minimum Gasteiger partial charge on any atom is -0.465 e. The van der Waals surface area contributed by atoms with E-state index in [1.54, 1.807) is 0 Å². The zero-order valence-electron chi connectivity index (χ0n) is 10.1. The second kappa shape index (κ2) is 4.10. The maximum absolute atomic E-state index is 10.8. The molecule has 4 nitrogen and oxygen atoms in total. The molecular weight excluding hydrogens is 220 g/mol. The summed E-state index contributed by atoms with van der Waals surface area (Å²) in [5.41, 5.74) is 1.43. The number of hydrogen-bond donors (Lipinski definition) is 0. The first-order chi connectivity index (χ1) is 8.20. The van der Waals surface area contributed by atoms with Crippen molar-refractivity contribution in [2.45, 2.75) is 32.0 Å². The van der Waals surface area contributed by atoms with Crippen molar-refractivity contribution in [1.82, 2.24) is 0 Å². The summed E-state index contributed by atoms with van der Waals surface area (Å²) in [6.07, 6.45) is 5.28. The van der Waals surface area contributed by atoms with Gasteiger partial charge in [0.05, 0.1) is 19.8 Å². The summed E-state index contributed by atoms with van der Waals surface area (Å²) >= 11 is 0. The van der Waals surface area contributed by atoms with Crippen LogP contribution < -0.4 is 0 Å². The van der Waals surface area contributed by atoms with Gasteiger partial charge in [-0.2, -0.15) is 0 Å². The van der Waals surface area contributed by atoms with Crippen LogP contribution >= 0.6 is 0 Å². The molecule has 3 rings (SSSR count). The number of fused-ring (bicyclic) bond motifs is 2. The second-order valence-corrected chi connectivity index (χ2v) is 5.10. The van der Waals surface area contributed by atoms with Crippen molar-refractivity contribution in [3.63, 3.8) is 0 Å². The molecule has 0 aromatic heterocycles. The standard InChI is InChI=1S/C13H18O4/c1-9(14)15-8-10-6-11-2-3-13(12(11)7-10)16-4-5-17-13/h6,10,12H,2-5,7-8H2,1H3/t10-,12+/m1/s1. The highest BCUT2D eigenvalue weighted by Crippen LogP contribution is 2.52. The zero-order valence-corrected chi connectivity index (χ0v) is 10.1. The molecule has 2 aliphatic carbocycles. The second-order valence-electron chi connectivity index (χ2n) is 5.10. The lowest BCUT2D eigenvalue weighted by Gasteiger charge is -2.28. The van der Waals surface area contributed by atoms with E-state index in [2.05, 4.69) is 6.08 Å². The van der Waals surface area contributed by atoms with Crippen LogP contribution in [0.4, 0.5) is 0 Å². The molecule has 94 valence electrons. The Hall–Kier alpha value is -0.870. The summed E-state index contributed by atoms with van der Waals surface area (Å²) in [5.74, 6) is 0.162. The highest BCUT2D eigenvalue weighted by atomic mass is 16.7. The first-order valence-electron chi connectivity index (χ1n) is 6.31. The maximum atomic E-state index is 10.8. The van der Waals surface area contributed by atoms with Crippen molar-refractivity contribution in [2.75, 3.05) is 19.8 Å². The highest BCUT2D eigenvalue weighted by molar-refractivity contribution is 5.65. The molecule has 3 aliphatic rings. The van der Waals surface area contributed by atoms with E-state index in [1.807, 2.05) is 0 Å². The van der Waals surface area contributed by atoms with E-state index >= 15 is 0 Å². The molecule has 1 heterocycles. The van der Waals surface area contributed by atoms with Gasteiger partial charge in [-0.25, -0.2) is 0 Å². The minimum atomic E-state index is -0.350. The van der Waals surface area contributed by atoms with E-state index in [1.165, 1.54) is 12.5 Å². The van der Waals surface area contributed by atoms with E-state index in [0.717, 1.165) is 19.3 Å². The molecule has 1 spiro atoms. The van der Waals surface area contributed by atoms with Crippen molar-refractivity contribution in [1.29, 1.82) is 0 Å². The monoisotopic (exact) mass is 238 g/mol. The smallest absolute Gasteiger partial charge is 0.302 e. The Labute approximate surface area is 101 Å². The predicted octanol–water partition coefficient (Wildman–Crippen LogP) is 1.65. The van der Waals surface area contributed by atoms with Crippen LogP contribution in [-0.2, 0) is 19.0 Å². The normalized spacial score (nSPS) is 33.8. The highest BCUT2D eigenvalue weighted by Gasteiger charge is 2.52. The third kappa shape index (κ3) is 1.89. The zero-order chi connectivity index (χ0) is 11.9. The van der Waals surface area contributed by atoms with E-state index in [4.69, 9.17) is 14.2 Å². The van der Waals surface area contributed by atoms with Crippen molar-refractivity contribution in [3.8, 4) is 0 Å². The molecule has 2 atom stereocenters. The van der Waals surface area contributed by atoms with Crippen LogP contribution in [0.1, 0.15) is 26.2 Å². The molecular formula is C13H18O4. The minimum absolute atomic E-state index is 0.205. The number of carbonyl (C=O) groups excluding carboxylic acids is 1. The molecule has 4 heteroatoms. The fourth-order valence-corrected chi connectivity index (χ4v) is 3.31. The van der Waals surface area contributed by atoms with Gasteiger partial charge >= 0.3 is 5.97 Å². The van der Waals surface area contributed by atoms with Gasteiger partial charge < -0.3 is 14.2 Å². The quantitative estimate of drug-likeness (QED) is 0.542. The molecule has 17 heavy (non-hydrogen) atoms. The van der Waals surface area contributed by atoms with Gasteiger partial charge in [0.2, 0.25) is 0 Å². The van der Waals surface area contributed by atoms with Gasteiger partial charge in [0.1, 0.15) is 0 Å². The van der Waals surface area contributed by atoms with Gasteiger partial charge in [0.15, 0.2) is 5.79 Å². The Kier molecular flexibility index (Phi) is 2.71. The third-order valence-corrected chi connectivity index (χ3v) is 4.01. The summed E-state index contributed by atoms with van der Waals surface area (Å²) in [4.78, 5) is 10.8. The molecule has 1 saturated carbocycles. The Morgan fingerprint density at radius 2 is 2.29 bits per heavy atom. The summed E-state index contributed by atoms with van der Waals surface area (Å²) in [5, 5.41) is 0. The van der Waals surface area contributed by atoms with Gasteiger partial charge in [-0.3, -0.25) is 4.79 Å². The van der Waals surface area contributed by atoms with E-state index < -0.39 is 0 Å². The molecule has 0 aromatic rings. The number of esters is 1. The number of hydrogen-bond acceptors (Lipinski definition) is 4. The van der Waals surface area contributed by atoms with Gasteiger partial charge in [-0.1, -0.05) is 11.6 Å². The van der Waals surface area contributed by atoms with Crippen LogP contribution in [0.5, 0.6) is 0 Å². The number of carbonyl (C=O) groups is 1. The van der Waals surface area contributed by atoms with Crippen LogP contribution in [0, 0.1) is 11.8 Å². The lowest BCUT2D eigenvalue weighted by atomic mass is 9.96. The predicted molar refractivity (Wildman–Crippen MR) is 60.2 cm³/mol. The Balaban J connectivity index is 1.66. The third-order valence-electron chi connectivity index (χ3n) is 4.01. The molecule has 0 unspecified atom stereocenters. The SMILES string of the molecule is CC(=O)OC[C@@H]1C=C2CCC3(OCCO3)[C@H]2C1. The fourth-order valence-electron chi connectivity index (χ4n) is 3.31. The van der Waals surface area contributed by atoms with Gasteiger partial charge in [-0.15, -0.1) is 0 Å². The van der Waals surface area contributed by atoms with Crippen LogP contribution in [0.25, 0.3) is 0 Å². The van der Waals surface area contributed by atoms with Crippen molar-refractivity contribution in [3.05, 3.63) is 11.6 Å². The maximum Gasteiger partial charge on any atom is 0.302 e. The van der Waals surface area contributed by atoms with Crippen molar-refractivity contribution in [2.24, 2.45) is 11.8 Å². The summed E-state index contributed by atoms with van der Waals surface area (Å²) < 4.78 is 16.7. The molecule has 1 saturated heterocycles. The lowest BCUT2D eigenvalue weighted by molar-refractivity contribution is -0.178. The first-order valence-corrected chi connectivity index (χ1v) is 6.31. The first kappa shape index (κ1) is 11.2. The van der Waals surface area contributed by atoms with Gasteiger partial charge in [0.25, 0.3) is 0 Å². The fraction of sp³-hybridized carbons (Fsp3) is 0.769. The van der Waals surface area contributed by atoms with E-state index in [9.17, 15) is 4.79 Å². The Bertz CT molecular complexity index is 354. The van der Waals surface area contributed by atoms with Crippen LogP contribution in [-0.4, -0.2) is 31.6 Å². The molecule has 2 fully saturated rings. The average molecular weight is 238 g/mol. The number of ether oxygens (including phenoxy) is 3. The molecule has 0 radical (unpaired) electrons. The molecule has 0 bridgehead atoms. The van der Waals surface area contributed by atoms with E-state index in [-0.39, 0.29) is 11.8 Å². The summed E-state index contributed by atoms with van der Waals surface area (Å²) in [6, 6.07) is 0. The van der Waals surface area contributed by atoms with Crippen LogP contribution in [0.15, 0.2) is 11.6 Å². The largest absolute Gasteiger partial charge is 0.465 e. The Morgan fingerprint density at radius 3 is 3.00 bits per heavy atom. The summed E-state index contributed by atoms with van der Waals surface area (Å²) in [7, 11) is 0. The van der Waals surface area contributed by atoms with Crippen LogP contribution in [0.3, 0.4) is 0 Å². The topological polar surface area (TPSA) is 44.8 Å². The van der Waals surface area contributed by atoms with Crippen molar-refractivity contribution >= 4 is 5.97 Å². The summed E-state index contributed by atoms with van der Waals surface area (Å²) in [6.45, 7) is 3.36. The molecule has 0 N–H and O–H groups in total. The molecule has 0 aromatic carbocycles. The lowest BCUT2D eigenvalue weighted by Crippen LogP contribution is -2.34. The van der Waals surface area contributed by atoms with E-state index in [0.29, 0.717) is 31.7 Å². The van der Waals surface area contributed by atoms with Crippen LogP contribution in [0.2, 0.25) is 0 Å². The number of rotatable bonds is 2. The molecule has 1 aliphatic heterocycles. The van der Waals surface area contributed by atoms with Gasteiger partial charge in [0, 0.05) is 25.2 Å². The van der Waals surface area contributed by atoms with Crippen molar-refractivity contribution < 1.29 is 19.0 Å². The molecule has 0 amide bonds. The Morgan fingerprint density at radius 1 is 1.53 bits per heavy atom. The van der Waals surface area contributed by atoms with Gasteiger partial charge in [-0.05, 0) is 12.8 Å². The average Bonchev–Trinajstić information content (AvgIpc) is 2.97.